The molecule has 2 aromatic rings. The van der Waals surface area contributed by atoms with E-state index in [-0.39, 0.29) is 0 Å². The largest absolute Gasteiger partial charge is 0.397 e. The molecule has 3 nitrogen and oxygen atoms in total. The van der Waals surface area contributed by atoms with Gasteiger partial charge in [-0.1, -0.05) is 38.8 Å². The molecule has 0 aliphatic heterocycles. The van der Waals surface area contributed by atoms with E-state index in [1.54, 1.807) is 0 Å². The molecule has 0 saturated carbocycles. The minimum absolute atomic E-state index is 0.459. The van der Waals surface area contributed by atoms with Gasteiger partial charge in [0.15, 0.2) is 0 Å². The van der Waals surface area contributed by atoms with Gasteiger partial charge in [0, 0.05) is 23.3 Å². The molecule has 1 aromatic carbocycles. The fraction of sp³-hybridized carbons (Fsp3) is 0.471. The number of nitrogens with one attached hydrogen (secondary N) is 1. The van der Waals surface area contributed by atoms with E-state index >= 15 is 0 Å². The molecule has 1 aromatic heterocycles. The minimum Gasteiger partial charge on any atom is -0.397 e. The van der Waals surface area contributed by atoms with Crippen molar-refractivity contribution in [1.29, 1.82) is 0 Å². The molecule has 0 bridgehead atoms. The number of benzene rings is 1. The highest BCUT2D eigenvalue weighted by atomic mass is 14.9. The third-order valence-corrected chi connectivity index (χ3v) is 3.62. The molecule has 0 aliphatic rings. The summed E-state index contributed by atoms with van der Waals surface area (Å²) in [6, 6.07) is 8.43. The van der Waals surface area contributed by atoms with Gasteiger partial charge in [0.25, 0.3) is 0 Å². The molecule has 3 N–H and O–H groups in total. The maximum atomic E-state index is 5.98. The first-order chi connectivity index (χ1) is 9.58. The number of nitrogen functional groups attached to an aromatic ring is 1. The Bertz CT molecular complexity index is 563. The van der Waals surface area contributed by atoms with Gasteiger partial charge in [-0.05, 0) is 31.4 Å². The summed E-state index contributed by atoms with van der Waals surface area (Å²) >= 11 is 0. The molecule has 0 spiro atoms. The lowest BCUT2D eigenvalue weighted by molar-refractivity contribution is 0.520. The Hall–Kier alpha value is -1.77. The van der Waals surface area contributed by atoms with Crippen molar-refractivity contribution in [3.63, 3.8) is 0 Å². The van der Waals surface area contributed by atoms with Crippen LogP contribution in [0, 0.1) is 5.92 Å². The van der Waals surface area contributed by atoms with Crippen molar-refractivity contribution < 1.29 is 0 Å². The molecular formula is C17H25N3. The van der Waals surface area contributed by atoms with Crippen molar-refractivity contribution in [2.45, 2.75) is 46.1 Å². The summed E-state index contributed by atoms with van der Waals surface area (Å²) in [5.74, 6) is 0.781. The number of fused-ring (bicyclic) bond motifs is 1. The van der Waals surface area contributed by atoms with Gasteiger partial charge in [0.05, 0.1) is 11.2 Å². The van der Waals surface area contributed by atoms with E-state index < -0.39 is 0 Å². The van der Waals surface area contributed by atoms with Crippen molar-refractivity contribution in [3.8, 4) is 0 Å². The molecule has 1 atom stereocenters. The van der Waals surface area contributed by atoms with Crippen LogP contribution in [-0.4, -0.2) is 11.0 Å². The summed E-state index contributed by atoms with van der Waals surface area (Å²) < 4.78 is 0. The molecule has 1 heterocycles. The van der Waals surface area contributed by atoms with Crippen LogP contribution in [0.4, 0.5) is 11.4 Å². The maximum Gasteiger partial charge on any atom is 0.0951 e. The number of hydrogen-bond donors (Lipinski definition) is 2. The maximum absolute atomic E-state index is 5.98. The number of rotatable bonds is 6. The van der Waals surface area contributed by atoms with Crippen LogP contribution in [-0.2, 0) is 0 Å². The van der Waals surface area contributed by atoms with Gasteiger partial charge in [0.1, 0.15) is 0 Å². The zero-order chi connectivity index (χ0) is 14.5. The number of aromatic nitrogens is 1. The predicted octanol–water partition coefficient (Wildman–Crippen LogP) is 4.44. The summed E-state index contributed by atoms with van der Waals surface area (Å²) in [6.45, 7) is 6.79. The van der Waals surface area contributed by atoms with Crippen molar-refractivity contribution >= 4 is 22.3 Å². The molecule has 1 unspecified atom stereocenters. The number of nitrogens with zero attached hydrogens (tertiary/aromatic N) is 1. The van der Waals surface area contributed by atoms with E-state index in [4.69, 9.17) is 5.73 Å². The molecule has 0 amide bonds. The Balaban J connectivity index is 2.08. The highest BCUT2D eigenvalue weighted by Crippen LogP contribution is 2.26. The lowest BCUT2D eigenvalue weighted by atomic mass is 10.0. The summed E-state index contributed by atoms with van der Waals surface area (Å²) in [5, 5.41) is 4.69. The second kappa shape index (κ2) is 6.60. The van der Waals surface area contributed by atoms with Crippen LogP contribution >= 0.6 is 0 Å². The van der Waals surface area contributed by atoms with Crippen LogP contribution in [0.3, 0.4) is 0 Å². The molecule has 20 heavy (non-hydrogen) atoms. The van der Waals surface area contributed by atoms with Crippen LogP contribution in [0.15, 0.2) is 30.5 Å². The Morgan fingerprint density at radius 2 is 1.95 bits per heavy atom. The van der Waals surface area contributed by atoms with Gasteiger partial charge in [-0.3, -0.25) is 4.98 Å². The second-order valence-electron chi connectivity index (χ2n) is 5.97. The summed E-state index contributed by atoms with van der Waals surface area (Å²) in [4.78, 5) is 4.37. The molecule has 2 rings (SSSR count). The van der Waals surface area contributed by atoms with Gasteiger partial charge in [-0.25, -0.2) is 0 Å². The Morgan fingerprint density at radius 3 is 2.70 bits per heavy atom. The topological polar surface area (TPSA) is 50.9 Å². The number of nitrogens with two attached hydrogens (primary N) is 1. The molecule has 0 aliphatic carbocycles. The van der Waals surface area contributed by atoms with E-state index in [9.17, 15) is 0 Å². The number of anilines is 2. The van der Waals surface area contributed by atoms with Gasteiger partial charge in [0.2, 0.25) is 0 Å². The first-order valence-corrected chi connectivity index (χ1v) is 7.47. The molecule has 0 radical (unpaired) electrons. The monoisotopic (exact) mass is 271 g/mol. The smallest absolute Gasteiger partial charge is 0.0951 e. The molecule has 3 heteroatoms. The van der Waals surface area contributed by atoms with Gasteiger partial charge in [-0.2, -0.15) is 0 Å². The fourth-order valence-corrected chi connectivity index (χ4v) is 2.49. The Kier molecular flexibility index (Phi) is 4.83. The van der Waals surface area contributed by atoms with Gasteiger partial charge in [-0.15, -0.1) is 0 Å². The highest BCUT2D eigenvalue weighted by molar-refractivity contribution is 5.97. The number of para-hydroxylation sites is 1. The first-order valence-electron chi connectivity index (χ1n) is 7.47. The minimum atomic E-state index is 0.459. The van der Waals surface area contributed by atoms with E-state index in [0.717, 1.165) is 28.2 Å². The standard InChI is InChI=1S/C17H25N3/c1-12(2)6-4-7-13(3)20-16-10-11-19-17-14(16)8-5-9-15(17)18/h5,8-13H,4,6-7,18H2,1-3H3,(H,19,20). The molecule has 0 saturated heterocycles. The second-order valence-corrected chi connectivity index (χ2v) is 5.97. The lowest BCUT2D eigenvalue weighted by Gasteiger charge is -2.17. The summed E-state index contributed by atoms with van der Waals surface area (Å²) in [7, 11) is 0. The zero-order valence-corrected chi connectivity index (χ0v) is 12.7. The molecular weight excluding hydrogens is 246 g/mol. The van der Waals surface area contributed by atoms with Crippen LogP contribution in [0.25, 0.3) is 10.9 Å². The first kappa shape index (κ1) is 14.6. The zero-order valence-electron chi connectivity index (χ0n) is 12.7. The van der Waals surface area contributed by atoms with Crippen LogP contribution < -0.4 is 11.1 Å². The third-order valence-electron chi connectivity index (χ3n) is 3.62. The lowest BCUT2D eigenvalue weighted by Crippen LogP contribution is -2.15. The van der Waals surface area contributed by atoms with E-state index in [2.05, 4.69) is 37.1 Å². The third kappa shape index (κ3) is 3.62. The van der Waals surface area contributed by atoms with Crippen molar-refractivity contribution in [2.24, 2.45) is 5.92 Å². The summed E-state index contributed by atoms with van der Waals surface area (Å²) in [5.41, 5.74) is 8.72. The normalized spacial score (nSPS) is 12.8. The van der Waals surface area contributed by atoms with Gasteiger partial charge < -0.3 is 11.1 Å². The Morgan fingerprint density at radius 1 is 1.15 bits per heavy atom. The fourth-order valence-electron chi connectivity index (χ4n) is 2.49. The quantitative estimate of drug-likeness (QED) is 0.763. The van der Waals surface area contributed by atoms with E-state index in [0.29, 0.717) is 6.04 Å². The van der Waals surface area contributed by atoms with Crippen molar-refractivity contribution in [2.75, 3.05) is 11.1 Å². The number of pyridine rings is 1. The SMILES string of the molecule is CC(C)CCCC(C)Nc1ccnc2c(N)cccc12. The molecule has 0 fully saturated rings. The van der Waals surface area contributed by atoms with Crippen LogP contribution in [0.2, 0.25) is 0 Å². The summed E-state index contributed by atoms with van der Waals surface area (Å²) in [6.07, 6.45) is 5.55. The van der Waals surface area contributed by atoms with E-state index in [1.807, 2.05) is 24.4 Å². The van der Waals surface area contributed by atoms with Crippen LogP contribution in [0.1, 0.15) is 40.0 Å². The number of hydrogen-bond acceptors (Lipinski definition) is 3. The van der Waals surface area contributed by atoms with Crippen LogP contribution in [0.5, 0.6) is 0 Å². The van der Waals surface area contributed by atoms with Crippen molar-refractivity contribution in [3.05, 3.63) is 30.5 Å². The molecule has 108 valence electrons. The van der Waals surface area contributed by atoms with Gasteiger partial charge >= 0.3 is 0 Å². The average molecular weight is 271 g/mol. The highest BCUT2D eigenvalue weighted by Gasteiger charge is 2.07. The van der Waals surface area contributed by atoms with Crippen molar-refractivity contribution in [1.82, 2.24) is 4.98 Å². The Labute approximate surface area is 121 Å². The van der Waals surface area contributed by atoms with E-state index in [1.165, 1.54) is 19.3 Å². The predicted molar refractivity (Wildman–Crippen MR) is 87.9 cm³/mol. The average Bonchev–Trinajstić information content (AvgIpc) is 2.39.